The van der Waals surface area contributed by atoms with Crippen LogP contribution in [0.5, 0.6) is 0 Å². The molecule has 5 heteroatoms. The molecule has 1 unspecified atom stereocenters. The fraction of sp³-hybridized carbons (Fsp3) is 0.143. The van der Waals surface area contributed by atoms with Gasteiger partial charge in [0.25, 0.3) is 0 Å². The third kappa shape index (κ3) is 3.48. The summed E-state index contributed by atoms with van der Waals surface area (Å²) in [7, 11) is 0. The highest BCUT2D eigenvalue weighted by molar-refractivity contribution is 9.10. The van der Waals surface area contributed by atoms with E-state index in [2.05, 4.69) is 15.9 Å². The Labute approximate surface area is 129 Å². The molecule has 0 heterocycles. The summed E-state index contributed by atoms with van der Waals surface area (Å²) in [5.74, 6) is -0.293. The first-order valence-corrected chi connectivity index (χ1v) is 7.17. The van der Waals surface area contributed by atoms with E-state index >= 15 is 0 Å². The molecular weight excluding hydrogens is 352 g/mol. The van der Waals surface area contributed by atoms with Crippen molar-refractivity contribution in [3.8, 4) is 0 Å². The van der Waals surface area contributed by atoms with E-state index in [1.54, 1.807) is 18.2 Å². The van der Waals surface area contributed by atoms with E-state index in [1.807, 2.05) is 12.1 Å². The van der Waals surface area contributed by atoms with Crippen LogP contribution in [0.1, 0.15) is 17.2 Å². The lowest BCUT2D eigenvalue weighted by Gasteiger charge is -2.15. The van der Waals surface area contributed by atoms with E-state index in [0.717, 1.165) is 11.1 Å². The highest BCUT2D eigenvalue weighted by Crippen LogP contribution is 2.30. The van der Waals surface area contributed by atoms with Gasteiger partial charge in [-0.15, -0.1) is 0 Å². The number of nitrogens with two attached hydrogens (primary N) is 1. The third-order valence-electron chi connectivity index (χ3n) is 2.82. The molecule has 0 radical (unpaired) electrons. The van der Waals surface area contributed by atoms with Crippen molar-refractivity contribution in [1.29, 1.82) is 0 Å². The minimum Gasteiger partial charge on any atom is -0.324 e. The molecule has 0 spiro atoms. The minimum atomic E-state index is -0.293. The van der Waals surface area contributed by atoms with Gasteiger partial charge >= 0.3 is 0 Å². The molecule has 2 aromatic rings. The van der Waals surface area contributed by atoms with Gasteiger partial charge in [0.2, 0.25) is 0 Å². The molecule has 0 aliphatic rings. The first kappa shape index (κ1) is 14.8. The number of hydrogen-bond acceptors (Lipinski definition) is 1. The summed E-state index contributed by atoms with van der Waals surface area (Å²) in [6.07, 6.45) is 0.555. The number of halogens is 4. The Morgan fingerprint density at radius 3 is 2.63 bits per heavy atom. The molecule has 1 nitrogen and oxygen atoms in total. The largest absolute Gasteiger partial charge is 0.324 e. The van der Waals surface area contributed by atoms with Crippen molar-refractivity contribution in [2.45, 2.75) is 12.5 Å². The monoisotopic (exact) mass is 361 g/mol. The van der Waals surface area contributed by atoms with Gasteiger partial charge in [-0.05, 0) is 51.7 Å². The van der Waals surface area contributed by atoms with E-state index in [4.69, 9.17) is 28.9 Å². The van der Waals surface area contributed by atoms with Crippen LogP contribution in [0.25, 0.3) is 0 Å². The summed E-state index contributed by atoms with van der Waals surface area (Å²) in [5.41, 5.74) is 7.85. The fourth-order valence-corrected chi connectivity index (χ4v) is 2.71. The zero-order valence-electron chi connectivity index (χ0n) is 9.84. The normalized spacial score (nSPS) is 12.5. The van der Waals surface area contributed by atoms with Crippen LogP contribution < -0.4 is 5.73 Å². The summed E-state index contributed by atoms with van der Waals surface area (Å²) in [6.45, 7) is 0. The molecule has 0 aliphatic carbocycles. The van der Waals surface area contributed by atoms with Crippen molar-refractivity contribution in [2.75, 3.05) is 0 Å². The summed E-state index contributed by atoms with van der Waals surface area (Å²) < 4.78 is 13.6. The summed E-state index contributed by atoms with van der Waals surface area (Å²) in [6, 6.07) is 9.91. The zero-order chi connectivity index (χ0) is 14.0. The average Bonchev–Trinajstić information content (AvgIpc) is 2.37. The second kappa shape index (κ2) is 6.23. The Morgan fingerprint density at radius 1 is 1.21 bits per heavy atom. The van der Waals surface area contributed by atoms with Crippen molar-refractivity contribution in [3.63, 3.8) is 0 Å². The zero-order valence-corrected chi connectivity index (χ0v) is 12.9. The van der Waals surface area contributed by atoms with Crippen molar-refractivity contribution < 1.29 is 4.39 Å². The van der Waals surface area contributed by atoms with E-state index < -0.39 is 0 Å². The first-order valence-electron chi connectivity index (χ1n) is 5.62. The van der Waals surface area contributed by atoms with Gasteiger partial charge in [0, 0.05) is 6.04 Å². The van der Waals surface area contributed by atoms with Gasteiger partial charge < -0.3 is 5.73 Å². The quantitative estimate of drug-likeness (QED) is 0.803. The van der Waals surface area contributed by atoms with Gasteiger partial charge in [0.15, 0.2) is 0 Å². The van der Waals surface area contributed by atoms with Gasteiger partial charge in [0.1, 0.15) is 5.82 Å². The standard InChI is InChI=1S/C14H11BrCl2FN/c15-10-6-8(4-5-12(10)18)7-13(19)9-2-1-3-11(16)14(9)17/h1-6,13H,7,19H2. The van der Waals surface area contributed by atoms with Crippen LogP contribution >= 0.6 is 39.1 Å². The molecule has 0 aromatic heterocycles. The number of hydrogen-bond donors (Lipinski definition) is 1. The molecule has 19 heavy (non-hydrogen) atoms. The van der Waals surface area contributed by atoms with Gasteiger partial charge in [-0.25, -0.2) is 4.39 Å². The lowest BCUT2D eigenvalue weighted by Crippen LogP contribution is -2.14. The maximum absolute atomic E-state index is 13.2. The topological polar surface area (TPSA) is 26.0 Å². The predicted molar refractivity (Wildman–Crippen MR) is 81.2 cm³/mol. The molecule has 0 fully saturated rings. The van der Waals surface area contributed by atoms with Crippen molar-refractivity contribution in [2.24, 2.45) is 5.73 Å². The molecule has 0 saturated carbocycles. The fourth-order valence-electron chi connectivity index (χ4n) is 1.84. The predicted octanol–water partition coefficient (Wildman–Crippen LogP) is 5.14. The maximum atomic E-state index is 13.2. The van der Waals surface area contributed by atoms with E-state index in [0.29, 0.717) is 20.9 Å². The summed E-state index contributed by atoms with van der Waals surface area (Å²) >= 11 is 15.2. The molecule has 0 aliphatic heterocycles. The Kier molecular flexibility index (Phi) is 4.85. The average molecular weight is 363 g/mol. The highest BCUT2D eigenvalue weighted by Gasteiger charge is 2.13. The Bertz CT molecular complexity index is 604. The summed E-state index contributed by atoms with van der Waals surface area (Å²) in [4.78, 5) is 0. The maximum Gasteiger partial charge on any atom is 0.137 e. The van der Waals surface area contributed by atoms with Crippen LogP contribution in [0.2, 0.25) is 10.0 Å². The smallest absolute Gasteiger partial charge is 0.137 e. The summed E-state index contributed by atoms with van der Waals surface area (Å²) in [5, 5.41) is 0.952. The molecule has 2 aromatic carbocycles. The first-order chi connectivity index (χ1) is 8.99. The third-order valence-corrected chi connectivity index (χ3v) is 4.26. The molecule has 2 rings (SSSR count). The Balaban J connectivity index is 2.23. The lowest BCUT2D eigenvalue weighted by atomic mass is 9.99. The van der Waals surface area contributed by atoms with Crippen LogP contribution in [-0.2, 0) is 6.42 Å². The van der Waals surface area contributed by atoms with Crippen molar-refractivity contribution in [1.82, 2.24) is 0 Å². The van der Waals surface area contributed by atoms with E-state index in [1.165, 1.54) is 6.07 Å². The van der Waals surface area contributed by atoms with Crippen molar-refractivity contribution >= 4 is 39.1 Å². The number of rotatable bonds is 3. The van der Waals surface area contributed by atoms with Gasteiger partial charge in [-0.2, -0.15) is 0 Å². The molecule has 100 valence electrons. The van der Waals surface area contributed by atoms with Crippen LogP contribution in [-0.4, -0.2) is 0 Å². The molecule has 0 bridgehead atoms. The van der Waals surface area contributed by atoms with Gasteiger partial charge in [-0.3, -0.25) is 0 Å². The lowest BCUT2D eigenvalue weighted by molar-refractivity contribution is 0.618. The van der Waals surface area contributed by atoms with Crippen LogP contribution in [0.15, 0.2) is 40.9 Å². The second-order valence-corrected chi connectivity index (χ2v) is 5.84. The Morgan fingerprint density at radius 2 is 1.95 bits per heavy atom. The Hall–Kier alpha value is -0.610. The molecule has 0 saturated heterocycles. The van der Waals surface area contributed by atoms with E-state index in [9.17, 15) is 4.39 Å². The van der Waals surface area contributed by atoms with Crippen LogP contribution in [0.3, 0.4) is 0 Å². The highest BCUT2D eigenvalue weighted by atomic mass is 79.9. The SMILES string of the molecule is NC(Cc1ccc(F)c(Br)c1)c1cccc(Cl)c1Cl. The van der Waals surface area contributed by atoms with Crippen molar-refractivity contribution in [3.05, 3.63) is 67.9 Å². The van der Waals surface area contributed by atoms with Gasteiger partial charge in [-0.1, -0.05) is 41.4 Å². The molecule has 0 amide bonds. The second-order valence-electron chi connectivity index (χ2n) is 4.20. The van der Waals surface area contributed by atoms with Gasteiger partial charge in [0.05, 0.1) is 14.5 Å². The van der Waals surface area contributed by atoms with Crippen LogP contribution in [0.4, 0.5) is 4.39 Å². The molecule has 2 N–H and O–H groups in total. The molecule has 1 atom stereocenters. The minimum absolute atomic E-state index is 0.288. The molecular formula is C14H11BrCl2FN. The van der Waals surface area contributed by atoms with Crippen LogP contribution in [0, 0.1) is 5.82 Å². The number of benzene rings is 2. The van der Waals surface area contributed by atoms with E-state index in [-0.39, 0.29) is 11.9 Å².